The predicted molar refractivity (Wildman–Crippen MR) is 124 cm³/mol. The van der Waals surface area contributed by atoms with Gasteiger partial charge in [0.2, 0.25) is 5.91 Å². The second-order valence-electron chi connectivity index (χ2n) is 7.46. The van der Waals surface area contributed by atoms with Gasteiger partial charge in [0, 0.05) is 19.6 Å². The maximum atomic E-state index is 11.7. The molecule has 0 spiro atoms. The second kappa shape index (κ2) is 24.5. The molecule has 0 heterocycles. The number of likely N-dealkylation sites (N-methyl/N-ethyl adjacent to an activating group) is 1. The lowest BCUT2D eigenvalue weighted by Crippen LogP contribution is -2.32. The zero-order valence-corrected chi connectivity index (χ0v) is 20.5. The molecule has 0 radical (unpaired) electrons. The van der Waals surface area contributed by atoms with E-state index < -0.39 is 0 Å². The summed E-state index contributed by atoms with van der Waals surface area (Å²) in [5.41, 5.74) is 0. The van der Waals surface area contributed by atoms with E-state index in [2.05, 4.69) is 17.6 Å². The van der Waals surface area contributed by atoms with Crippen LogP contribution in [0.2, 0.25) is 0 Å². The smallest absolute Gasteiger partial charge is 0.222 e. The molecule has 2 N–H and O–H groups in total. The van der Waals surface area contributed by atoms with E-state index in [4.69, 9.17) is 23.7 Å². The standard InChI is InChI=1S/C23H46N2O7/c1-4-5-11-28-13-15-30-17-19-32-20-18-31-16-14-29-12-9-23(27)25-10-7-6-8-22(24-3)21(2)26/h22,24H,4-20H2,1-3H3,(H,25,27). The van der Waals surface area contributed by atoms with Crippen LogP contribution in [0.4, 0.5) is 0 Å². The lowest BCUT2D eigenvalue weighted by Gasteiger charge is -2.12. The zero-order chi connectivity index (χ0) is 23.7. The highest BCUT2D eigenvalue weighted by Crippen LogP contribution is 2.01. The van der Waals surface area contributed by atoms with Crippen molar-refractivity contribution in [3.8, 4) is 0 Å². The normalized spacial score (nSPS) is 12.1. The van der Waals surface area contributed by atoms with Crippen LogP contribution in [0, 0.1) is 0 Å². The van der Waals surface area contributed by atoms with Gasteiger partial charge in [-0.25, -0.2) is 0 Å². The molecule has 0 aliphatic heterocycles. The Morgan fingerprint density at radius 3 is 1.69 bits per heavy atom. The number of rotatable bonds is 25. The fourth-order valence-corrected chi connectivity index (χ4v) is 2.73. The van der Waals surface area contributed by atoms with Gasteiger partial charge >= 0.3 is 0 Å². The number of nitrogens with one attached hydrogen (secondary N) is 2. The van der Waals surface area contributed by atoms with Crippen molar-refractivity contribution in [1.29, 1.82) is 0 Å². The van der Waals surface area contributed by atoms with Crippen molar-refractivity contribution in [2.75, 3.05) is 79.7 Å². The summed E-state index contributed by atoms with van der Waals surface area (Å²) in [6.07, 6.45) is 5.10. The molecule has 9 nitrogen and oxygen atoms in total. The molecule has 1 unspecified atom stereocenters. The van der Waals surface area contributed by atoms with Crippen LogP contribution >= 0.6 is 0 Å². The van der Waals surface area contributed by atoms with Gasteiger partial charge in [-0.2, -0.15) is 0 Å². The molecule has 0 saturated heterocycles. The van der Waals surface area contributed by atoms with Gasteiger partial charge in [-0.3, -0.25) is 9.59 Å². The van der Waals surface area contributed by atoms with Gasteiger partial charge in [0.15, 0.2) is 0 Å². The molecule has 0 bridgehead atoms. The Morgan fingerprint density at radius 2 is 1.22 bits per heavy atom. The Morgan fingerprint density at radius 1 is 0.719 bits per heavy atom. The Kier molecular flexibility index (Phi) is 23.7. The van der Waals surface area contributed by atoms with Gasteiger partial charge in [0.1, 0.15) is 5.78 Å². The van der Waals surface area contributed by atoms with Crippen LogP contribution in [0.15, 0.2) is 0 Å². The highest BCUT2D eigenvalue weighted by Gasteiger charge is 2.10. The van der Waals surface area contributed by atoms with E-state index in [-0.39, 0.29) is 17.7 Å². The highest BCUT2D eigenvalue weighted by atomic mass is 16.6. The molecule has 0 saturated carbocycles. The van der Waals surface area contributed by atoms with Gasteiger partial charge in [0.05, 0.1) is 65.5 Å². The van der Waals surface area contributed by atoms with E-state index in [1.807, 2.05) is 0 Å². The summed E-state index contributed by atoms with van der Waals surface area (Å²) in [7, 11) is 1.79. The molecule has 0 rings (SSSR count). The summed E-state index contributed by atoms with van der Waals surface area (Å²) in [6, 6.07) is -0.0904. The lowest BCUT2D eigenvalue weighted by atomic mass is 10.1. The lowest BCUT2D eigenvalue weighted by molar-refractivity contribution is -0.122. The minimum atomic E-state index is -0.0904. The summed E-state index contributed by atoms with van der Waals surface area (Å²) in [6.45, 7) is 9.77. The minimum Gasteiger partial charge on any atom is -0.379 e. The van der Waals surface area contributed by atoms with Crippen LogP contribution in [-0.2, 0) is 33.3 Å². The number of carbonyl (C=O) groups is 2. The number of hydrogen-bond acceptors (Lipinski definition) is 8. The quantitative estimate of drug-likeness (QED) is 0.198. The van der Waals surface area contributed by atoms with Crippen molar-refractivity contribution >= 4 is 11.7 Å². The van der Waals surface area contributed by atoms with Gasteiger partial charge in [0.25, 0.3) is 0 Å². The van der Waals surface area contributed by atoms with E-state index >= 15 is 0 Å². The molecule has 1 atom stereocenters. The van der Waals surface area contributed by atoms with Crippen LogP contribution in [0.3, 0.4) is 0 Å². The molecular weight excluding hydrogens is 416 g/mol. The fraction of sp³-hybridized carbons (Fsp3) is 0.913. The SMILES string of the molecule is CCCCOCCOCCOCCOCCOCCC(=O)NCCCCC(NC)C(C)=O. The minimum absolute atomic E-state index is 0.0224. The summed E-state index contributed by atoms with van der Waals surface area (Å²) in [4.78, 5) is 23.1. The van der Waals surface area contributed by atoms with Crippen molar-refractivity contribution in [3.63, 3.8) is 0 Å². The number of unbranched alkanes of at least 4 members (excludes halogenated alkanes) is 2. The van der Waals surface area contributed by atoms with Crippen molar-refractivity contribution < 1.29 is 33.3 Å². The number of amides is 1. The van der Waals surface area contributed by atoms with Crippen molar-refractivity contribution in [3.05, 3.63) is 0 Å². The Balaban J connectivity index is 3.23. The first-order valence-corrected chi connectivity index (χ1v) is 11.9. The maximum absolute atomic E-state index is 11.7. The number of Topliss-reactive ketones (excluding diaryl/α,β-unsaturated/α-hetero) is 1. The average molecular weight is 463 g/mol. The summed E-state index contributed by atoms with van der Waals surface area (Å²) < 4.78 is 27.1. The van der Waals surface area contributed by atoms with Gasteiger partial charge in [-0.1, -0.05) is 13.3 Å². The second-order valence-corrected chi connectivity index (χ2v) is 7.46. The molecule has 9 heteroatoms. The molecule has 1 amide bonds. The summed E-state index contributed by atoms with van der Waals surface area (Å²) in [5.74, 6) is 0.125. The van der Waals surface area contributed by atoms with E-state index in [0.29, 0.717) is 72.4 Å². The van der Waals surface area contributed by atoms with Crippen LogP contribution < -0.4 is 10.6 Å². The molecule has 0 aliphatic carbocycles. The third-order valence-electron chi connectivity index (χ3n) is 4.68. The molecular formula is C23H46N2O7. The first kappa shape index (κ1) is 30.9. The maximum Gasteiger partial charge on any atom is 0.222 e. The zero-order valence-electron chi connectivity index (χ0n) is 20.5. The Bertz CT molecular complexity index is 439. The van der Waals surface area contributed by atoms with Crippen LogP contribution in [-0.4, -0.2) is 97.4 Å². The Labute approximate surface area is 194 Å². The van der Waals surface area contributed by atoms with E-state index in [9.17, 15) is 9.59 Å². The van der Waals surface area contributed by atoms with Gasteiger partial charge < -0.3 is 34.3 Å². The van der Waals surface area contributed by atoms with E-state index in [1.54, 1.807) is 14.0 Å². The van der Waals surface area contributed by atoms with Gasteiger partial charge in [-0.15, -0.1) is 0 Å². The van der Waals surface area contributed by atoms with E-state index in [1.165, 1.54) is 0 Å². The average Bonchev–Trinajstić information content (AvgIpc) is 2.78. The van der Waals surface area contributed by atoms with Crippen molar-refractivity contribution in [2.45, 2.75) is 58.4 Å². The molecule has 0 aromatic rings. The topological polar surface area (TPSA) is 104 Å². The molecule has 0 fully saturated rings. The predicted octanol–water partition coefficient (Wildman–Crippen LogP) is 1.72. The molecule has 0 aliphatic rings. The monoisotopic (exact) mass is 462 g/mol. The first-order chi connectivity index (χ1) is 15.6. The fourth-order valence-electron chi connectivity index (χ4n) is 2.73. The van der Waals surface area contributed by atoms with Crippen molar-refractivity contribution in [2.24, 2.45) is 0 Å². The largest absolute Gasteiger partial charge is 0.379 e. The molecule has 32 heavy (non-hydrogen) atoms. The van der Waals surface area contributed by atoms with Gasteiger partial charge in [-0.05, 0) is 39.7 Å². The molecule has 0 aromatic carbocycles. The number of carbonyl (C=O) groups excluding carboxylic acids is 2. The molecule has 0 aromatic heterocycles. The number of ether oxygens (including phenoxy) is 5. The highest BCUT2D eigenvalue weighted by molar-refractivity contribution is 5.81. The van der Waals surface area contributed by atoms with Crippen molar-refractivity contribution in [1.82, 2.24) is 10.6 Å². The van der Waals surface area contributed by atoms with E-state index in [0.717, 1.165) is 38.7 Å². The summed E-state index contributed by atoms with van der Waals surface area (Å²) >= 11 is 0. The summed E-state index contributed by atoms with van der Waals surface area (Å²) in [5, 5.41) is 5.87. The first-order valence-electron chi connectivity index (χ1n) is 11.9. The van der Waals surface area contributed by atoms with Crippen LogP contribution in [0.5, 0.6) is 0 Å². The third-order valence-corrected chi connectivity index (χ3v) is 4.68. The number of ketones is 1. The molecule has 190 valence electrons. The third kappa shape index (κ3) is 22.1. The number of hydrogen-bond donors (Lipinski definition) is 2. The Hall–Kier alpha value is -1.10. The van der Waals surface area contributed by atoms with Crippen LogP contribution in [0.1, 0.15) is 52.4 Å². The van der Waals surface area contributed by atoms with Crippen LogP contribution in [0.25, 0.3) is 0 Å².